The first kappa shape index (κ1) is 16.7. The van der Waals surface area contributed by atoms with E-state index in [0.717, 1.165) is 22.0 Å². The van der Waals surface area contributed by atoms with Crippen LogP contribution in [-0.2, 0) is 0 Å². The molecule has 0 fully saturated rings. The highest BCUT2D eigenvalue weighted by Gasteiger charge is 2.24. The molecule has 1 atom stereocenters. The van der Waals surface area contributed by atoms with Gasteiger partial charge in [-0.1, -0.05) is 12.1 Å². The number of carbonyl (C=O) groups is 1. The SMILES string of the molecule is Cc1nc(-c2c[nH]c(C(=O)N(C)C[C@@H]3COc4ccccc4O3)c2)cs1. The van der Waals surface area contributed by atoms with E-state index in [1.807, 2.05) is 48.8 Å². The average molecular weight is 369 g/mol. The Morgan fingerprint density at radius 3 is 2.96 bits per heavy atom. The summed E-state index contributed by atoms with van der Waals surface area (Å²) in [5, 5.41) is 2.99. The highest BCUT2D eigenvalue weighted by atomic mass is 32.1. The number of aryl methyl sites for hydroxylation is 1. The number of aromatic nitrogens is 2. The van der Waals surface area contributed by atoms with E-state index < -0.39 is 0 Å². The molecule has 3 aromatic rings. The molecule has 26 heavy (non-hydrogen) atoms. The van der Waals surface area contributed by atoms with Crippen molar-refractivity contribution in [2.75, 3.05) is 20.2 Å². The van der Waals surface area contributed by atoms with Crippen LogP contribution in [0.15, 0.2) is 41.9 Å². The lowest BCUT2D eigenvalue weighted by molar-refractivity contribution is 0.0518. The van der Waals surface area contributed by atoms with Crippen molar-refractivity contribution >= 4 is 17.2 Å². The summed E-state index contributed by atoms with van der Waals surface area (Å²) in [5.41, 5.74) is 2.33. The fourth-order valence-corrected chi connectivity index (χ4v) is 3.53. The Morgan fingerprint density at radius 2 is 2.19 bits per heavy atom. The summed E-state index contributed by atoms with van der Waals surface area (Å²) in [7, 11) is 1.76. The molecule has 0 spiro atoms. The summed E-state index contributed by atoms with van der Waals surface area (Å²) in [6.07, 6.45) is 1.61. The zero-order valence-electron chi connectivity index (χ0n) is 14.6. The third-order valence-corrected chi connectivity index (χ3v) is 4.99. The number of ether oxygens (including phenoxy) is 2. The number of rotatable bonds is 4. The maximum Gasteiger partial charge on any atom is 0.270 e. The van der Waals surface area contributed by atoms with Crippen LogP contribution < -0.4 is 9.47 Å². The number of amides is 1. The van der Waals surface area contributed by atoms with Crippen molar-refractivity contribution in [2.24, 2.45) is 0 Å². The van der Waals surface area contributed by atoms with Gasteiger partial charge in [-0.3, -0.25) is 4.79 Å². The minimum Gasteiger partial charge on any atom is -0.486 e. The molecule has 0 unspecified atom stereocenters. The van der Waals surface area contributed by atoms with E-state index in [1.54, 1.807) is 23.3 Å². The number of carbonyl (C=O) groups excluding carboxylic acids is 1. The van der Waals surface area contributed by atoms with Crippen LogP contribution in [0.25, 0.3) is 11.3 Å². The van der Waals surface area contributed by atoms with Gasteiger partial charge in [0.2, 0.25) is 0 Å². The molecule has 1 N–H and O–H groups in total. The molecule has 0 saturated heterocycles. The molecule has 7 heteroatoms. The van der Waals surface area contributed by atoms with Crippen molar-refractivity contribution in [3.05, 3.63) is 52.6 Å². The number of hydrogen-bond acceptors (Lipinski definition) is 5. The molecule has 134 valence electrons. The van der Waals surface area contributed by atoms with Crippen LogP contribution in [0.2, 0.25) is 0 Å². The van der Waals surface area contributed by atoms with Gasteiger partial charge in [0.25, 0.3) is 5.91 Å². The minimum atomic E-state index is -0.200. The number of aromatic amines is 1. The maximum atomic E-state index is 12.7. The van der Waals surface area contributed by atoms with Crippen LogP contribution in [0.3, 0.4) is 0 Å². The van der Waals surface area contributed by atoms with Gasteiger partial charge in [-0.2, -0.15) is 0 Å². The summed E-state index contributed by atoms with van der Waals surface area (Å²) in [6, 6.07) is 9.39. The second kappa shape index (κ2) is 6.84. The first-order valence-corrected chi connectivity index (χ1v) is 9.23. The molecule has 3 heterocycles. The lowest BCUT2D eigenvalue weighted by Crippen LogP contribution is -2.41. The van der Waals surface area contributed by atoms with Gasteiger partial charge in [-0.05, 0) is 25.1 Å². The molecule has 4 rings (SSSR count). The predicted molar refractivity (Wildman–Crippen MR) is 100.0 cm³/mol. The van der Waals surface area contributed by atoms with Crippen LogP contribution in [0.1, 0.15) is 15.5 Å². The molecule has 0 bridgehead atoms. The number of likely N-dealkylation sites (N-methyl/N-ethyl adjacent to an activating group) is 1. The van der Waals surface area contributed by atoms with E-state index in [-0.39, 0.29) is 12.0 Å². The largest absolute Gasteiger partial charge is 0.486 e. The van der Waals surface area contributed by atoms with Gasteiger partial charge in [-0.15, -0.1) is 11.3 Å². The molecule has 2 aromatic heterocycles. The second-order valence-electron chi connectivity index (χ2n) is 6.24. The highest BCUT2D eigenvalue weighted by molar-refractivity contribution is 7.09. The normalized spacial score (nSPS) is 15.7. The Morgan fingerprint density at radius 1 is 1.38 bits per heavy atom. The van der Waals surface area contributed by atoms with E-state index in [0.29, 0.717) is 24.6 Å². The van der Waals surface area contributed by atoms with Crippen LogP contribution in [0.5, 0.6) is 11.5 Å². The Balaban J connectivity index is 1.42. The molecule has 0 aliphatic carbocycles. The summed E-state index contributed by atoms with van der Waals surface area (Å²) in [6.45, 7) is 2.82. The zero-order chi connectivity index (χ0) is 18.1. The summed E-state index contributed by atoms with van der Waals surface area (Å²) >= 11 is 1.59. The number of benzene rings is 1. The van der Waals surface area contributed by atoms with Crippen LogP contribution in [0, 0.1) is 6.92 Å². The third-order valence-electron chi connectivity index (χ3n) is 4.22. The molecule has 0 saturated carbocycles. The van der Waals surface area contributed by atoms with Crippen molar-refractivity contribution in [3.8, 4) is 22.8 Å². The molecule has 1 aliphatic rings. The van der Waals surface area contributed by atoms with E-state index in [9.17, 15) is 4.79 Å². The van der Waals surface area contributed by atoms with Crippen molar-refractivity contribution in [1.29, 1.82) is 0 Å². The van der Waals surface area contributed by atoms with Gasteiger partial charge in [0.05, 0.1) is 17.2 Å². The molecular formula is C19H19N3O3S. The van der Waals surface area contributed by atoms with Crippen molar-refractivity contribution in [3.63, 3.8) is 0 Å². The fraction of sp³-hybridized carbons (Fsp3) is 0.263. The number of hydrogen-bond donors (Lipinski definition) is 1. The van der Waals surface area contributed by atoms with Crippen molar-refractivity contribution in [1.82, 2.24) is 14.9 Å². The Bertz CT molecular complexity index is 934. The summed E-state index contributed by atoms with van der Waals surface area (Å²) in [4.78, 5) is 21.8. The number of thiazole rings is 1. The van der Waals surface area contributed by atoms with Crippen LogP contribution in [-0.4, -0.2) is 47.1 Å². The molecule has 1 aromatic carbocycles. The topological polar surface area (TPSA) is 67.5 Å². The van der Waals surface area contributed by atoms with Gasteiger partial charge >= 0.3 is 0 Å². The van der Waals surface area contributed by atoms with E-state index in [2.05, 4.69) is 9.97 Å². The second-order valence-corrected chi connectivity index (χ2v) is 7.30. The van der Waals surface area contributed by atoms with Gasteiger partial charge in [0.15, 0.2) is 17.6 Å². The summed E-state index contributed by atoms with van der Waals surface area (Å²) < 4.78 is 11.6. The lowest BCUT2D eigenvalue weighted by Gasteiger charge is -2.29. The third kappa shape index (κ3) is 3.30. The molecule has 0 radical (unpaired) electrons. The molecule has 1 aliphatic heterocycles. The van der Waals surface area contributed by atoms with Gasteiger partial charge in [-0.25, -0.2) is 4.98 Å². The predicted octanol–water partition coefficient (Wildman–Crippen LogP) is 3.36. The summed E-state index contributed by atoms with van der Waals surface area (Å²) in [5.74, 6) is 1.36. The van der Waals surface area contributed by atoms with Crippen molar-refractivity contribution in [2.45, 2.75) is 13.0 Å². The zero-order valence-corrected chi connectivity index (χ0v) is 15.4. The van der Waals surface area contributed by atoms with Gasteiger partial charge in [0.1, 0.15) is 12.3 Å². The standard InChI is InChI=1S/C19H19N3O3S/c1-12-21-16(11-26-12)13-7-15(20-8-13)19(23)22(2)9-14-10-24-17-5-3-4-6-18(17)25-14/h3-8,11,14,20H,9-10H2,1-2H3/t14-/m1/s1. The smallest absolute Gasteiger partial charge is 0.270 e. The number of nitrogens with zero attached hydrogens (tertiary/aromatic N) is 2. The Kier molecular flexibility index (Phi) is 4.38. The van der Waals surface area contributed by atoms with Gasteiger partial charge < -0.3 is 19.4 Å². The van der Waals surface area contributed by atoms with E-state index in [1.165, 1.54) is 0 Å². The average Bonchev–Trinajstić information content (AvgIpc) is 3.30. The lowest BCUT2D eigenvalue weighted by atomic mass is 10.2. The molecule has 1 amide bonds. The Hall–Kier alpha value is -2.80. The quantitative estimate of drug-likeness (QED) is 0.766. The highest BCUT2D eigenvalue weighted by Crippen LogP contribution is 2.31. The Labute approximate surface area is 155 Å². The minimum absolute atomic E-state index is 0.0920. The first-order chi connectivity index (χ1) is 12.6. The number of fused-ring (bicyclic) bond motifs is 1. The first-order valence-electron chi connectivity index (χ1n) is 8.35. The number of nitrogens with one attached hydrogen (secondary N) is 1. The van der Waals surface area contributed by atoms with E-state index >= 15 is 0 Å². The number of para-hydroxylation sites is 2. The molecule has 6 nitrogen and oxygen atoms in total. The van der Waals surface area contributed by atoms with Crippen LogP contribution in [0.4, 0.5) is 0 Å². The monoisotopic (exact) mass is 369 g/mol. The van der Waals surface area contributed by atoms with Crippen LogP contribution >= 0.6 is 11.3 Å². The fourth-order valence-electron chi connectivity index (χ4n) is 2.91. The molecular weight excluding hydrogens is 350 g/mol. The van der Waals surface area contributed by atoms with Gasteiger partial charge in [0, 0.05) is 24.2 Å². The number of H-pyrrole nitrogens is 1. The van der Waals surface area contributed by atoms with E-state index in [4.69, 9.17) is 9.47 Å². The maximum absolute atomic E-state index is 12.7. The van der Waals surface area contributed by atoms with Crippen molar-refractivity contribution < 1.29 is 14.3 Å².